The van der Waals surface area contributed by atoms with Gasteiger partial charge in [0.15, 0.2) is 0 Å². The van der Waals surface area contributed by atoms with Gasteiger partial charge in [0.2, 0.25) is 0 Å². The van der Waals surface area contributed by atoms with Gasteiger partial charge in [-0.05, 0) is 44.4 Å². The standard InChI is InChI=1S/C19H21N5O2/c1-12-16(13(2)24-23-12)7-4-8-21-19(26)15-6-3-5-14(9-15)17-10-20-11-18(25)22-17/h3,5-6,9-11H,4,7-8H2,1-2H3,(H,21,26)(H,22,25)(H,23,24). The van der Waals surface area contributed by atoms with Crippen LogP contribution in [-0.2, 0) is 6.42 Å². The number of hydrogen-bond acceptors (Lipinski definition) is 4. The largest absolute Gasteiger partial charge is 0.352 e. The summed E-state index contributed by atoms with van der Waals surface area (Å²) in [7, 11) is 0. The van der Waals surface area contributed by atoms with Crippen LogP contribution in [0.3, 0.4) is 0 Å². The summed E-state index contributed by atoms with van der Waals surface area (Å²) in [5.74, 6) is -0.140. The Balaban J connectivity index is 1.60. The van der Waals surface area contributed by atoms with Gasteiger partial charge in [-0.2, -0.15) is 5.10 Å². The molecule has 26 heavy (non-hydrogen) atoms. The monoisotopic (exact) mass is 351 g/mol. The molecule has 3 aromatic rings. The lowest BCUT2D eigenvalue weighted by Gasteiger charge is -2.07. The smallest absolute Gasteiger partial charge is 0.266 e. The molecule has 1 amide bonds. The van der Waals surface area contributed by atoms with Gasteiger partial charge in [0.1, 0.15) is 0 Å². The predicted molar refractivity (Wildman–Crippen MR) is 99.0 cm³/mol. The number of aromatic amines is 2. The number of nitrogens with zero attached hydrogens (tertiary/aromatic N) is 2. The molecule has 0 aliphatic carbocycles. The second kappa shape index (κ2) is 7.77. The molecule has 0 bridgehead atoms. The van der Waals surface area contributed by atoms with Gasteiger partial charge in [0.25, 0.3) is 11.5 Å². The zero-order chi connectivity index (χ0) is 18.5. The molecule has 0 saturated heterocycles. The molecule has 0 aliphatic heterocycles. The van der Waals surface area contributed by atoms with Crippen LogP contribution in [0.1, 0.15) is 33.7 Å². The number of carbonyl (C=O) groups is 1. The van der Waals surface area contributed by atoms with Crippen molar-refractivity contribution >= 4 is 5.91 Å². The first kappa shape index (κ1) is 17.6. The molecule has 2 heterocycles. The lowest BCUT2D eigenvalue weighted by molar-refractivity contribution is 0.0953. The number of benzene rings is 1. The maximum atomic E-state index is 12.4. The lowest BCUT2D eigenvalue weighted by atomic mass is 10.1. The normalized spacial score (nSPS) is 10.7. The summed E-state index contributed by atoms with van der Waals surface area (Å²) in [5.41, 5.74) is 4.89. The number of aromatic nitrogens is 4. The second-order valence-corrected chi connectivity index (χ2v) is 6.16. The van der Waals surface area contributed by atoms with Crippen LogP contribution >= 0.6 is 0 Å². The Kier molecular flexibility index (Phi) is 5.26. The van der Waals surface area contributed by atoms with Crippen molar-refractivity contribution in [2.45, 2.75) is 26.7 Å². The van der Waals surface area contributed by atoms with E-state index < -0.39 is 0 Å². The van der Waals surface area contributed by atoms with Gasteiger partial charge < -0.3 is 10.3 Å². The number of rotatable bonds is 6. The third-order valence-corrected chi connectivity index (χ3v) is 4.26. The molecule has 0 aliphatic rings. The maximum Gasteiger partial charge on any atom is 0.266 e. The first-order valence-corrected chi connectivity index (χ1v) is 8.48. The van der Waals surface area contributed by atoms with E-state index in [4.69, 9.17) is 0 Å². The molecule has 7 heteroatoms. The van der Waals surface area contributed by atoms with E-state index in [1.54, 1.807) is 24.4 Å². The zero-order valence-corrected chi connectivity index (χ0v) is 14.8. The SMILES string of the molecule is Cc1n[nH]c(C)c1CCCNC(=O)c1cccc(-c2cncc(=O)[nH]2)c1. The molecule has 1 aromatic carbocycles. The minimum atomic E-state index is -0.276. The van der Waals surface area contributed by atoms with E-state index >= 15 is 0 Å². The summed E-state index contributed by atoms with van der Waals surface area (Å²) in [4.78, 5) is 30.4. The Hall–Kier alpha value is -3.22. The molecule has 3 rings (SSSR count). The van der Waals surface area contributed by atoms with Crippen molar-refractivity contribution < 1.29 is 4.79 Å². The molecule has 0 fully saturated rings. The molecule has 0 unspecified atom stereocenters. The molecule has 0 spiro atoms. The zero-order valence-electron chi connectivity index (χ0n) is 14.8. The Labute approximate surface area is 150 Å². The number of amides is 1. The average molecular weight is 351 g/mol. The van der Waals surface area contributed by atoms with E-state index in [9.17, 15) is 9.59 Å². The van der Waals surface area contributed by atoms with E-state index in [0.29, 0.717) is 17.8 Å². The summed E-state index contributed by atoms with van der Waals surface area (Å²) >= 11 is 0. The Bertz CT molecular complexity index is 954. The molecular formula is C19H21N5O2. The van der Waals surface area contributed by atoms with Crippen molar-refractivity contribution in [2.24, 2.45) is 0 Å². The minimum Gasteiger partial charge on any atom is -0.352 e. The fourth-order valence-electron chi connectivity index (χ4n) is 2.86. The molecule has 0 atom stereocenters. The first-order valence-electron chi connectivity index (χ1n) is 8.48. The van der Waals surface area contributed by atoms with Crippen molar-refractivity contribution in [1.29, 1.82) is 0 Å². The Morgan fingerprint density at radius 1 is 1.23 bits per heavy atom. The van der Waals surface area contributed by atoms with E-state index in [1.165, 1.54) is 11.8 Å². The number of carbonyl (C=O) groups excluding carboxylic acids is 1. The van der Waals surface area contributed by atoms with Crippen LogP contribution in [0.4, 0.5) is 0 Å². The number of aryl methyl sites for hydroxylation is 2. The van der Waals surface area contributed by atoms with Crippen LogP contribution in [0.2, 0.25) is 0 Å². The highest BCUT2D eigenvalue weighted by Gasteiger charge is 2.09. The molecule has 7 nitrogen and oxygen atoms in total. The highest BCUT2D eigenvalue weighted by atomic mass is 16.1. The number of nitrogens with one attached hydrogen (secondary N) is 3. The van der Waals surface area contributed by atoms with Crippen LogP contribution < -0.4 is 10.9 Å². The molecule has 0 radical (unpaired) electrons. The van der Waals surface area contributed by atoms with Gasteiger partial charge in [0.05, 0.1) is 23.8 Å². The van der Waals surface area contributed by atoms with E-state index in [0.717, 1.165) is 29.8 Å². The van der Waals surface area contributed by atoms with Crippen LogP contribution in [0.25, 0.3) is 11.3 Å². The third kappa shape index (κ3) is 4.05. The molecule has 0 saturated carbocycles. The van der Waals surface area contributed by atoms with Crippen molar-refractivity contribution in [3.8, 4) is 11.3 Å². The van der Waals surface area contributed by atoms with Crippen LogP contribution in [0.5, 0.6) is 0 Å². The number of hydrogen-bond donors (Lipinski definition) is 3. The molecular weight excluding hydrogens is 330 g/mol. The van der Waals surface area contributed by atoms with Gasteiger partial charge in [-0.3, -0.25) is 19.7 Å². The molecule has 2 aromatic heterocycles. The number of H-pyrrole nitrogens is 2. The predicted octanol–water partition coefficient (Wildman–Crippen LogP) is 2.14. The van der Waals surface area contributed by atoms with Crippen molar-refractivity contribution in [3.05, 3.63) is 69.5 Å². The van der Waals surface area contributed by atoms with E-state index in [1.807, 2.05) is 19.9 Å². The summed E-state index contributed by atoms with van der Waals surface area (Å²) in [6.45, 7) is 4.56. The van der Waals surface area contributed by atoms with Gasteiger partial charge in [-0.1, -0.05) is 12.1 Å². The minimum absolute atomic E-state index is 0.140. The van der Waals surface area contributed by atoms with Crippen LogP contribution in [-0.4, -0.2) is 32.6 Å². The maximum absolute atomic E-state index is 12.4. The van der Waals surface area contributed by atoms with Gasteiger partial charge >= 0.3 is 0 Å². The third-order valence-electron chi connectivity index (χ3n) is 4.26. The van der Waals surface area contributed by atoms with Crippen molar-refractivity contribution in [3.63, 3.8) is 0 Å². The van der Waals surface area contributed by atoms with Gasteiger partial charge in [-0.25, -0.2) is 0 Å². The first-order chi connectivity index (χ1) is 12.5. The van der Waals surface area contributed by atoms with E-state index in [-0.39, 0.29) is 11.5 Å². The summed E-state index contributed by atoms with van der Waals surface area (Å²) < 4.78 is 0. The van der Waals surface area contributed by atoms with Crippen LogP contribution in [0, 0.1) is 13.8 Å². The van der Waals surface area contributed by atoms with Crippen molar-refractivity contribution in [2.75, 3.05) is 6.54 Å². The summed E-state index contributed by atoms with van der Waals surface area (Å²) in [6, 6.07) is 7.10. The fraction of sp³-hybridized carbons (Fsp3) is 0.263. The lowest BCUT2D eigenvalue weighted by Crippen LogP contribution is -2.24. The quantitative estimate of drug-likeness (QED) is 0.592. The van der Waals surface area contributed by atoms with Gasteiger partial charge in [-0.15, -0.1) is 0 Å². The van der Waals surface area contributed by atoms with Crippen LogP contribution in [0.15, 0.2) is 41.5 Å². The second-order valence-electron chi connectivity index (χ2n) is 6.16. The summed E-state index contributed by atoms with van der Waals surface area (Å²) in [5, 5.41) is 10.1. The fourth-order valence-corrected chi connectivity index (χ4v) is 2.86. The van der Waals surface area contributed by atoms with E-state index in [2.05, 4.69) is 25.5 Å². The highest BCUT2D eigenvalue weighted by Crippen LogP contribution is 2.16. The molecule has 3 N–H and O–H groups in total. The Morgan fingerprint density at radius 2 is 2.08 bits per heavy atom. The van der Waals surface area contributed by atoms with Crippen molar-refractivity contribution in [1.82, 2.24) is 25.5 Å². The molecule has 134 valence electrons. The average Bonchev–Trinajstić information content (AvgIpc) is 2.97. The topological polar surface area (TPSA) is 104 Å². The highest BCUT2D eigenvalue weighted by molar-refractivity contribution is 5.95. The Morgan fingerprint density at radius 3 is 2.81 bits per heavy atom. The van der Waals surface area contributed by atoms with Gasteiger partial charge in [0, 0.05) is 23.4 Å². The summed E-state index contributed by atoms with van der Waals surface area (Å²) in [6.07, 6.45) is 4.48.